The number of rotatable bonds is 7. The summed E-state index contributed by atoms with van der Waals surface area (Å²) in [7, 11) is 3.22. The Morgan fingerprint density at radius 1 is 0.862 bits per heavy atom. The normalized spacial score (nSPS) is 10.3. The smallest absolute Gasteiger partial charge is 0.255 e. The van der Waals surface area contributed by atoms with Gasteiger partial charge in [-0.15, -0.1) is 0 Å². The van der Waals surface area contributed by atoms with Crippen molar-refractivity contribution in [2.45, 2.75) is 20.5 Å². The van der Waals surface area contributed by atoms with Gasteiger partial charge in [-0.2, -0.15) is 0 Å². The van der Waals surface area contributed by atoms with E-state index in [1.54, 1.807) is 32.4 Å². The molecule has 3 aromatic carbocycles. The molecular formula is C24H25NO4. The van der Waals surface area contributed by atoms with Crippen LogP contribution in [0.3, 0.4) is 0 Å². The van der Waals surface area contributed by atoms with Gasteiger partial charge in [-0.05, 0) is 67.4 Å². The Balaban J connectivity index is 1.77. The van der Waals surface area contributed by atoms with Crippen molar-refractivity contribution in [2.75, 3.05) is 19.5 Å². The summed E-state index contributed by atoms with van der Waals surface area (Å²) >= 11 is 0. The van der Waals surface area contributed by atoms with Gasteiger partial charge in [0.05, 0.1) is 14.2 Å². The van der Waals surface area contributed by atoms with Crippen LogP contribution in [0.25, 0.3) is 0 Å². The number of benzene rings is 3. The van der Waals surface area contributed by atoms with E-state index >= 15 is 0 Å². The Labute approximate surface area is 171 Å². The summed E-state index contributed by atoms with van der Waals surface area (Å²) < 4.78 is 16.4. The average Bonchev–Trinajstić information content (AvgIpc) is 2.75. The van der Waals surface area contributed by atoms with Gasteiger partial charge in [0.2, 0.25) is 0 Å². The van der Waals surface area contributed by atoms with Gasteiger partial charge in [0, 0.05) is 16.8 Å². The first kappa shape index (κ1) is 20.3. The molecule has 0 radical (unpaired) electrons. The molecule has 0 aliphatic carbocycles. The highest BCUT2D eigenvalue weighted by Gasteiger charge is 2.13. The second-order valence-corrected chi connectivity index (χ2v) is 6.71. The SMILES string of the molecule is COc1ccc(OCc2cc(C(=O)Nc3c(C)cccc3C)ccc2OC)cc1. The van der Waals surface area contributed by atoms with Gasteiger partial charge in [-0.25, -0.2) is 0 Å². The number of nitrogens with one attached hydrogen (secondary N) is 1. The maximum Gasteiger partial charge on any atom is 0.255 e. The van der Waals surface area contributed by atoms with Crippen LogP contribution in [0.1, 0.15) is 27.0 Å². The number of para-hydroxylation sites is 1. The van der Waals surface area contributed by atoms with Crippen LogP contribution in [0.4, 0.5) is 5.69 Å². The fourth-order valence-electron chi connectivity index (χ4n) is 3.06. The van der Waals surface area contributed by atoms with E-state index in [0.29, 0.717) is 17.1 Å². The monoisotopic (exact) mass is 391 g/mol. The van der Waals surface area contributed by atoms with Crippen LogP contribution in [0.5, 0.6) is 17.2 Å². The van der Waals surface area contributed by atoms with Crippen LogP contribution in [-0.4, -0.2) is 20.1 Å². The van der Waals surface area contributed by atoms with Crippen molar-refractivity contribution in [1.29, 1.82) is 0 Å². The lowest BCUT2D eigenvalue weighted by molar-refractivity contribution is 0.102. The van der Waals surface area contributed by atoms with E-state index in [1.165, 1.54) is 0 Å². The Morgan fingerprint density at radius 3 is 2.14 bits per heavy atom. The number of hydrogen-bond acceptors (Lipinski definition) is 4. The maximum absolute atomic E-state index is 12.8. The summed E-state index contributed by atoms with van der Waals surface area (Å²) in [5, 5.41) is 3.01. The zero-order chi connectivity index (χ0) is 20.8. The van der Waals surface area contributed by atoms with Crippen molar-refractivity contribution in [3.63, 3.8) is 0 Å². The van der Waals surface area contributed by atoms with Gasteiger partial charge in [-0.3, -0.25) is 4.79 Å². The number of aryl methyl sites for hydroxylation is 2. The predicted octanol–water partition coefficient (Wildman–Crippen LogP) is 5.15. The van der Waals surface area contributed by atoms with E-state index < -0.39 is 0 Å². The van der Waals surface area contributed by atoms with Crippen LogP contribution in [0.15, 0.2) is 60.7 Å². The van der Waals surface area contributed by atoms with Crippen LogP contribution in [-0.2, 0) is 6.61 Å². The zero-order valence-electron chi connectivity index (χ0n) is 17.1. The molecule has 1 amide bonds. The Hall–Kier alpha value is -3.47. The Kier molecular flexibility index (Phi) is 6.39. The Morgan fingerprint density at radius 2 is 1.52 bits per heavy atom. The number of carbonyl (C=O) groups is 1. The molecule has 0 fully saturated rings. The molecule has 1 N–H and O–H groups in total. The molecule has 0 aromatic heterocycles. The van der Waals surface area contributed by atoms with Crippen LogP contribution in [0, 0.1) is 13.8 Å². The van der Waals surface area contributed by atoms with Gasteiger partial charge in [0.15, 0.2) is 0 Å². The minimum absolute atomic E-state index is 0.171. The molecule has 0 aliphatic heterocycles. The summed E-state index contributed by atoms with van der Waals surface area (Å²) in [6.07, 6.45) is 0. The molecule has 3 rings (SSSR count). The minimum atomic E-state index is -0.171. The molecule has 5 nitrogen and oxygen atoms in total. The second kappa shape index (κ2) is 9.15. The Bertz CT molecular complexity index is 976. The van der Waals surface area contributed by atoms with Crippen molar-refractivity contribution in [3.8, 4) is 17.2 Å². The summed E-state index contributed by atoms with van der Waals surface area (Å²) in [6.45, 7) is 4.23. The van der Waals surface area contributed by atoms with Gasteiger partial charge in [0.1, 0.15) is 23.9 Å². The molecular weight excluding hydrogens is 366 g/mol. The molecule has 0 bridgehead atoms. The molecule has 0 saturated carbocycles. The van der Waals surface area contributed by atoms with Crippen LogP contribution >= 0.6 is 0 Å². The highest BCUT2D eigenvalue weighted by Crippen LogP contribution is 2.25. The molecule has 5 heteroatoms. The van der Waals surface area contributed by atoms with Crippen LogP contribution < -0.4 is 19.5 Å². The third-order valence-electron chi connectivity index (χ3n) is 4.72. The maximum atomic E-state index is 12.8. The average molecular weight is 391 g/mol. The highest BCUT2D eigenvalue weighted by atomic mass is 16.5. The molecule has 150 valence electrons. The summed E-state index contributed by atoms with van der Waals surface area (Å²) in [6, 6.07) is 18.6. The largest absolute Gasteiger partial charge is 0.497 e. The van der Waals surface area contributed by atoms with Crippen LogP contribution in [0.2, 0.25) is 0 Å². The van der Waals surface area contributed by atoms with E-state index in [-0.39, 0.29) is 12.5 Å². The van der Waals surface area contributed by atoms with Crippen molar-refractivity contribution >= 4 is 11.6 Å². The van der Waals surface area contributed by atoms with E-state index in [2.05, 4.69) is 5.32 Å². The fourth-order valence-corrected chi connectivity index (χ4v) is 3.06. The number of anilines is 1. The van der Waals surface area contributed by atoms with E-state index in [0.717, 1.165) is 28.1 Å². The van der Waals surface area contributed by atoms with Crippen molar-refractivity contribution < 1.29 is 19.0 Å². The molecule has 0 unspecified atom stereocenters. The number of amides is 1. The molecule has 0 atom stereocenters. The first-order valence-corrected chi connectivity index (χ1v) is 9.33. The third-order valence-corrected chi connectivity index (χ3v) is 4.72. The van der Waals surface area contributed by atoms with Gasteiger partial charge in [0.25, 0.3) is 5.91 Å². The van der Waals surface area contributed by atoms with Gasteiger partial charge < -0.3 is 19.5 Å². The van der Waals surface area contributed by atoms with E-state index in [4.69, 9.17) is 14.2 Å². The number of methoxy groups -OCH3 is 2. The van der Waals surface area contributed by atoms with Gasteiger partial charge in [-0.1, -0.05) is 18.2 Å². The first-order valence-electron chi connectivity index (χ1n) is 9.33. The number of hydrogen-bond donors (Lipinski definition) is 1. The van der Waals surface area contributed by atoms with Crippen molar-refractivity contribution in [2.24, 2.45) is 0 Å². The lowest BCUT2D eigenvalue weighted by Crippen LogP contribution is -2.14. The lowest BCUT2D eigenvalue weighted by atomic mass is 10.1. The molecule has 0 saturated heterocycles. The van der Waals surface area contributed by atoms with Crippen molar-refractivity contribution in [3.05, 3.63) is 82.9 Å². The molecule has 0 spiro atoms. The van der Waals surface area contributed by atoms with Crippen molar-refractivity contribution in [1.82, 2.24) is 0 Å². The standard InChI is InChI=1S/C24H25NO4/c1-16-6-5-7-17(2)23(16)25-24(26)18-8-13-22(28-4)19(14-18)15-29-21-11-9-20(27-3)10-12-21/h5-14H,15H2,1-4H3,(H,25,26). The summed E-state index contributed by atoms with van der Waals surface area (Å²) in [5.74, 6) is 1.97. The van der Waals surface area contributed by atoms with E-state index in [1.807, 2.05) is 56.3 Å². The zero-order valence-corrected chi connectivity index (χ0v) is 17.1. The quantitative estimate of drug-likeness (QED) is 0.605. The lowest BCUT2D eigenvalue weighted by Gasteiger charge is -2.14. The minimum Gasteiger partial charge on any atom is -0.497 e. The number of carbonyl (C=O) groups excluding carboxylic acids is 1. The first-order chi connectivity index (χ1) is 14.0. The molecule has 0 heterocycles. The predicted molar refractivity (Wildman–Crippen MR) is 114 cm³/mol. The summed E-state index contributed by atoms with van der Waals surface area (Å²) in [4.78, 5) is 12.8. The van der Waals surface area contributed by atoms with Gasteiger partial charge >= 0.3 is 0 Å². The second-order valence-electron chi connectivity index (χ2n) is 6.71. The summed E-state index contributed by atoms with van der Waals surface area (Å²) in [5.41, 5.74) is 4.22. The third kappa shape index (κ3) is 4.88. The molecule has 0 aliphatic rings. The fraction of sp³-hybridized carbons (Fsp3) is 0.208. The topological polar surface area (TPSA) is 56.8 Å². The van der Waals surface area contributed by atoms with E-state index in [9.17, 15) is 4.79 Å². The number of ether oxygens (including phenoxy) is 3. The highest BCUT2D eigenvalue weighted by molar-refractivity contribution is 6.05. The molecule has 3 aromatic rings. The molecule has 29 heavy (non-hydrogen) atoms.